The monoisotopic (exact) mass is 287 g/mol. The molecule has 0 atom stereocenters. The van der Waals surface area contributed by atoms with Crippen LogP contribution in [0.15, 0.2) is 39.8 Å². The minimum atomic E-state index is 0.344. The van der Waals surface area contributed by atoms with Gasteiger partial charge in [-0.3, -0.25) is 0 Å². The van der Waals surface area contributed by atoms with Gasteiger partial charge >= 0.3 is 0 Å². The van der Waals surface area contributed by atoms with Crippen molar-refractivity contribution in [2.45, 2.75) is 17.6 Å². The van der Waals surface area contributed by atoms with Crippen LogP contribution < -0.4 is 10.5 Å². The molecule has 0 unspecified atom stereocenters. The van der Waals surface area contributed by atoms with Crippen LogP contribution >= 0.6 is 11.8 Å². The average Bonchev–Trinajstić information content (AvgIpc) is 2.88. The molecule has 0 aliphatic rings. The van der Waals surface area contributed by atoms with Crippen molar-refractivity contribution in [1.29, 1.82) is 0 Å². The second-order valence-corrected chi connectivity index (χ2v) is 5.19. The SMILES string of the molecule is COc1ccc(CSc2ccoc2C)cc1C#CCN. The van der Waals surface area contributed by atoms with Crippen LogP contribution in [0.4, 0.5) is 0 Å². The second-order valence-electron chi connectivity index (χ2n) is 4.17. The molecule has 0 amide bonds. The van der Waals surface area contributed by atoms with Crippen LogP contribution in [-0.2, 0) is 5.75 Å². The van der Waals surface area contributed by atoms with Gasteiger partial charge in [0.25, 0.3) is 0 Å². The fraction of sp³-hybridized carbons (Fsp3) is 0.250. The first-order chi connectivity index (χ1) is 9.74. The van der Waals surface area contributed by atoms with Crippen LogP contribution in [0.3, 0.4) is 0 Å². The Kier molecular flexibility index (Phi) is 5.16. The highest BCUT2D eigenvalue weighted by molar-refractivity contribution is 7.98. The number of methoxy groups -OCH3 is 1. The van der Waals surface area contributed by atoms with E-state index in [9.17, 15) is 0 Å². The summed E-state index contributed by atoms with van der Waals surface area (Å²) in [5.74, 6) is 8.49. The van der Waals surface area contributed by atoms with E-state index in [1.807, 2.05) is 25.1 Å². The van der Waals surface area contributed by atoms with Crippen LogP contribution in [0.25, 0.3) is 0 Å². The summed E-state index contributed by atoms with van der Waals surface area (Å²) in [6.07, 6.45) is 1.71. The molecule has 2 N–H and O–H groups in total. The van der Waals surface area contributed by atoms with Gasteiger partial charge in [-0.05, 0) is 30.7 Å². The van der Waals surface area contributed by atoms with E-state index < -0.39 is 0 Å². The third-order valence-electron chi connectivity index (χ3n) is 2.79. The van der Waals surface area contributed by atoms with E-state index in [2.05, 4.69) is 17.9 Å². The minimum Gasteiger partial charge on any atom is -0.495 e. The Hall–Kier alpha value is -1.83. The third kappa shape index (κ3) is 3.60. The molecule has 4 heteroatoms. The van der Waals surface area contributed by atoms with Crippen molar-refractivity contribution >= 4 is 11.8 Å². The molecule has 1 heterocycles. The van der Waals surface area contributed by atoms with E-state index in [4.69, 9.17) is 14.9 Å². The predicted molar refractivity (Wildman–Crippen MR) is 81.9 cm³/mol. The molecule has 1 aromatic carbocycles. The molecule has 0 aliphatic heterocycles. The lowest BCUT2D eigenvalue weighted by atomic mass is 10.1. The maximum absolute atomic E-state index is 5.42. The Morgan fingerprint density at radius 2 is 2.20 bits per heavy atom. The van der Waals surface area contributed by atoms with Crippen LogP contribution in [-0.4, -0.2) is 13.7 Å². The molecule has 0 saturated carbocycles. The van der Waals surface area contributed by atoms with Gasteiger partial charge in [0.15, 0.2) is 0 Å². The molecule has 0 saturated heterocycles. The number of benzene rings is 1. The minimum absolute atomic E-state index is 0.344. The molecule has 2 rings (SSSR count). The Morgan fingerprint density at radius 3 is 2.85 bits per heavy atom. The Morgan fingerprint density at radius 1 is 1.35 bits per heavy atom. The van der Waals surface area contributed by atoms with Crippen molar-refractivity contribution in [2.75, 3.05) is 13.7 Å². The van der Waals surface area contributed by atoms with E-state index in [1.54, 1.807) is 25.1 Å². The molecule has 2 aromatic rings. The van der Waals surface area contributed by atoms with E-state index >= 15 is 0 Å². The summed E-state index contributed by atoms with van der Waals surface area (Å²) in [6.45, 7) is 2.31. The summed E-state index contributed by atoms with van der Waals surface area (Å²) in [7, 11) is 1.65. The molecule has 0 bridgehead atoms. The standard InChI is InChI=1S/C16H17NO2S/c1-12-16(7-9-19-12)20-11-13-5-6-15(18-2)14(10-13)4-3-8-17/h5-7,9-10H,8,11,17H2,1-2H3. The first-order valence-electron chi connectivity index (χ1n) is 6.27. The van der Waals surface area contributed by atoms with Gasteiger partial charge in [-0.1, -0.05) is 17.9 Å². The maximum Gasteiger partial charge on any atom is 0.134 e. The number of hydrogen-bond acceptors (Lipinski definition) is 4. The molecular weight excluding hydrogens is 270 g/mol. The van der Waals surface area contributed by atoms with Gasteiger partial charge in [-0.2, -0.15) is 0 Å². The van der Waals surface area contributed by atoms with Gasteiger partial charge in [0.2, 0.25) is 0 Å². The second kappa shape index (κ2) is 7.09. The van der Waals surface area contributed by atoms with Crippen LogP contribution in [0.2, 0.25) is 0 Å². The zero-order valence-corrected chi connectivity index (χ0v) is 12.4. The average molecular weight is 287 g/mol. The fourth-order valence-electron chi connectivity index (χ4n) is 1.77. The molecule has 0 aliphatic carbocycles. The first kappa shape index (κ1) is 14.6. The third-order valence-corrected chi connectivity index (χ3v) is 4.01. The van der Waals surface area contributed by atoms with Gasteiger partial charge in [-0.25, -0.2) is 0 Å². The highest BCUT2D eigenvalue weighted by atomic mass is 32.2. The summed E-state index contributed by atoms with van der Waals surface area (Å²) < 4.78 is 10.6. The smallest absolute Gasteiger partial charge is 0.134 e. The number of thioether (sulfide) groups is 1. The van der Waals surface area contributed by atoms with Crippen LogP contribution in [0, 0.1) is 18.8 Å². The quantitative estimate of drug-likeness (QED) is 0.693. The summed E-state index contributed by atoms with van der Waals surface area (Å²) in [5.41, 5.74) is 7.48. The van der Waals surface area contributed by atoms with E-state index in [0.717, 1.165) is 27.7 Å². The molecule has 3 nitrogen and oxygen atoms in total. The van der Waals surface area contributed by atoms with Crippen LogP contribution in [0.1, 0.15) is 16.9 Å². The molecule has 0 fully saturated rings. The van der Waals surface area contributed by atoms with Gasteiger partial charge < -0.3 is 14.9 Å². The summed E-state index contributed by atoms with van der Waals surface area (Å²) in [6, 6.07) is 8.02. The number of aryl methyl sites for hydroxylation is 1. The first-order valence-corrected chi connectivity index (χ1v) is 7.26. The van der Waals surface area contributed by atoms with Gasteiger partial charge in [0.05, 0.1) is 25.5 Å². The van der Waals surface area contributed by atoms with Gasteiger partial charge in [-0.15, -0.1) is 11.8 Å². The lowest BCUT2D eigenvalue weighted by molar-refractivity contribution is 0.413. The highest BCUT2D eigenvalue weighted by Crippen LogP contribution is 2.28. The van der Waals surface area contributed by atoms with Crippen LogP contribution in [0.5, 0.6) is 5.75 Å². The lowest BCUT2D eigenvalue weighted by Crippen LogP contribution is -1.94. The molecule has 20 heavy (non-hydrogen) atoms. The van der Waals surface area contributed by atoms with Crippen molar-refractivity contribution in [3.05, 3.63) is 47.4 Å². The number of nitrogens with two attached hydrogens (primary N) is 1. The van der Waals surface area contributed by atoms with Crippen molar-refractivity contribution in [1.82, 2.24) is 0 Å². The van der Waals surface area contributed by atoms with Crippen molar-refractivity contribution in [2.24, 2.45) is 5.73 Å². The zero-order chi connectivity index (χ0) is 14.4. The lowest BCUT2D eigenvalue weighted by Gasteiger charge is -2.06. The Labute approximate surface area is 123 Å². The predicted octanol–water partition coefficient (Wildman–Crippen LogP) is 3.20. The topological polar surface area (TPSA) is 48.4 Å². The molecular formula is C16H17NO2S. The highest BCUT2D eigenvalue weighted by Gasteiger charge is 2.05. The number of rotatable bonds is 4. The molecule has 0 spiro atoms. The van der Waals surface area contributed by atoms with E-state index in [-0.39, 0.29) is 0 Å². The Balaban J connectivity index is 2.14. The summed E-state index contributed by atoms with van der Waals surface area (Å²) >= 11 is 1.75. The zero-order valence-electron chi connectivity index (χ0n) is 11.6. The number of hydrogen-bond donors (Lipinski definition) is 1. The van der Waals surface area contributed by atoms with Crippen molar-refractivity contribution < 1.29 is 9.15 Å². The molecule has 104 valence electrons. The van der Waals surface area contributed by atoms with Crippen molar-refractivity contribution in [3.63, 3.8) is 0 Å². The number of ether oxygens (including phenoxy) is 1. The normalized spacial score (nSPS) is 9.95. The van der Waals surface area contributed by atoms with Crippen molar-refractivity contribution in [3.8, 4) is 17.6 Å². The van der Waals surface area contributed by atoms with Gasteiger partial charge in [0.1, 0.15) is 11.5 Å². The summed E-state index contributed by atoms with van der Waals surface area (Å²) in [5, 5.41) is 0. The molecule has 0 radical (unpaired) electrons. The molecule has 1 aromatic heterocycles. The fourth-order valence-corrected chi connectivity index (χ4v) is 2.68. The van der Waals surface area contributed by atoms with Gasteiger partial charge in [0, 0.05) is 10.6 Å². The number of furan rings is 1. The van der Waals surface area contributed by atoms with E-state index in [0.29, 0.717) is 6.54 Å². The largest absolute Gasteiger partial charge is 0.495 e. The maximum atomic E-state index is 5.42. The van der Waals surface area contributed by atoms with E-state index in [1.165, 1.54) is 5.56 Å². The summed E-state index contributed by atoms with van der Waals surface area (Å²) in [4.78, 5) is 1.16. The Bertz CT molecular complexity index is 637.